The molecule has 2 aromatic heterocycles. The topological polar surface area (TPSA) is 71.3 Å². The van der Waals surface area contributed by atoms with Crippen molar-refractivity contribution < 1.29 is 22.5 Å². The normalized spacial score (nSPS) is 14.6. The van der Waals surface area contributed by atoms with Gasteiger partial charge in [0.05, 0.1) is 16.9 Å². The fourth-order valence-electron chi connectivity index (χ4n) is 3.44. The van der Waals surface area contributed by atoms with Crippen molar-refractivity contribution in [2.24, 2.45) is 0 Å². The molecule has 0 saturated carbocycles. The number of carbonyl (C=O) groups is 1. The van der Waals surface area contributed by atoms with Crippen LogP contribution in [0.15, 0.2) is 53.3 Å². The molecule has 30 heavy (non-hydrogen) atoms. The van der Waals surface area contributed by atoms with E-state index in [2.05, 4.69) is 15.5 Å². The molecule has 9 heteroatoms. The first-order chi connectivity index (χ1) is 14.4. The molecule has 1 aromatic carbocycles. The number of halogens is 3. The smallest absolute Gasteiger partial charge is 0.370 e. The van der Waals surface area contributed by atoms with E-state index in [9.17, 15) is 18.0 Å². The lowest BCUT2D eigenvalue weighted by Gasteiger charge is -2.31. The fraction of sp³-hybridized carbons (Fsp3) is 0.286. The Bertz CT molecular complexity index is 1030. The number of aromatic nitrogens is 2. The molecular formula is C21H19F3N4O2. The highest BCUT2D eigenvalue weighted by atomic mass is 19.4. The van der Waals surface area contributed by atoms with Crippen molar-refractivity contribution in [3.8, 4) is 11.3 Å². The Balaban J connectivity index is 1.62. The Morgan fingerprint density at radius 1 is 1.03 bits per heavy atom. The zero-order chi connectivity index (χ0) is 21.1. The minimum Gasteiger partial charge on any atom is -0.370 e. The zero-order valence-corrected chi connectivity index (χ0v) is 15.9. The molecule has 1 aliphatic rings. The molecule has 156 valence electrons. The van der Waals surface area contributed by atoms with Gasteiger partial charge in [0.25, 0.3) is 5.91 Å². The zero-order valence-electron chi connectivity index (χ0n) is 15.9. The predicted octanol–water partition coefficient (Wildman–Crippen LogP) is 5.00. The number of amides is 1. The molecule has 3 heterocycles. The van der Waals surface area contributed by atoms with Crippen LogP contribution in [-0.4, -0.2) is 29.1 Å². The number of anilines is 2. The van der Waals surface area contributed by atoms with Gasteiger partial charge in [-0.05, 0) is 49.6 Å². The van der Waals surface area contributed by atoms with Crippen LogP contribution in [0.5, 0.6) is 0 Å². The fourth-order valence-corrected chi connectivity index (χ4v) is 3.44. The van der Waals surface area contributed by atoms with Gasteiger partial charge in [-0.2, -0.15) is 13.2 Å². The van der Waals surface area contributed by atoms with E-state index in [1.165, 1.54) is 12.1 Å². The van der Waals surface area contributed by atoms with Crippen LogP contribution in [0, 0.1) is 0 Å². The van der Waals surface area contributed by atoms with Gasteiger partial charge >= 0.3 is 6.18 Å². The van der Waals surface area contributed by atoms with E-state index >= 15 is 0 Å². The number of carbonyl (C=O) groups excluding carboxylic acids is 1. The van der Waals surface area contributed by atoms with E-state index in [0.717, 1.165) is 44.5 Å². The van der Waals surface area contributed by atoms with Gasteiger partial charge in [-0.3, -0.25) is 9.78 Å². The predicted molar refractivity (Wildman–Crippen MR) is 105 cm³/mol. The molecule has 1 N–H and O–H groups in total. The maximum absolute atomic E-state index is 13.2. The van der Waals surface area contributed by atoms with E-state index < -0.39 is 17.6 Å². The number of rotatable bonds is 4. The Morgan fingerprint density at radius 3 is 2.47 bits per heavy atom. The van der Waals surface area contributed by atoms with Crippen molar-refractivity contribution in [3.63, 3.8) is 0 Å². The highest BCUT2D eigenvalue weighted by molar-refractivity contribution is 6.05. The van der Waals surface area contributed by atoms with Crippen LogP contribution < -0.4 is 10.2 Å². The molecule has 0 spiro atoms. The van der Waals surface area contributed by atoms with Crippen LogP contribution in [-0.2, 0) is 6.18 Å². The lowest BCUT2D eigenvalue weighted by Crippen LogP contribution is -2.30. The standard InChI is InChI=1S/C21H19F3N4O2/c22-21(23,24)15-4-5-18(28-10-2-1-3-11-28)16(12-15)26-20(29)17-13-19(30-27-17)14-6-8-25-9-7-14/h4-9,12-13H,1-3,10-11H2,(H,26,29). The van der Waals surface area contributed by atoms with Gasteiger partial charge in [0.1, 0.15) is 0 Å². The average Bonchev–Trinajstić information content (AvgIpc) is 3.25. The molecule has 4 rings (SSSR count). The molecule has 0 unspecified atom stereocenters. The Labute approximate surface area is 170 Å². The molecule has 1 amide bonds. The molecule has 0 bridgehead atoms. The number of nitrogens with zero attached hydrogens (tertiary/aromatic N) is 3. The van der Waals surface area contributed by atoms with Gasteiger partial charge in [-0.15, -0.1) is 0 Å². The summed E-state index contributed by atoms with van der Waals surface area (Å²) in [6.45, 7) is 1.45. The third-order valence-corrected chi connectivity index (χ3v) is 4.98. The quantitative estimate of drug-likeness (QED) is 0.648. The van der Waals surface area contributed by atoms with Crippen LogP contribution in [0.2, 0.25) is 0 Å². The first kappa shape index (κ1) is 19.9. The van der Waals surface area contributed by atoms with E-state index in [1.54, 1.807) is 24.5 Å². The van der Waals surface area contributed by atoms with Crippen molar-refractivity contribution in [2.75, 3.05) is 23.3 Å². The monoisotopic (exact) mass is 416 g/mol. The summed E-state index contributed by atoms with van der Waals surface area (Å²) in [4.78, 5) is 18.6. The van der Waals surface area contributed by atoms with Crippen LogP contribution in [0.25, 0.3) is 11.3 Å². The number of pyridine rings is 1. The van der Waals surface area contributed by atoms with Crippen LogP contribution in [0.4, 0.5) is 24.5 Å². The minimum absolute atomic E-state index is 0.0242. The van der Waals surface area contributed by atoms with E-state index in [4.69, 9.17) is 4.52 Å². The van der Waals surface area contributed by atoms with Crippen LogP contribution in [0.1, 0.15) is 35.3 Å². The van der Waals surface area contributed by atoms with Gasteiger partial charge in [0.15, 0.2) is 11.5 Å². The highest BCUT2D eigenvalue weighted by Gasteiger charge is 2.32. The molecule has 0 aliphatic carbocycles. The maximum atomic E-state index is 13.2. The third-order valence-electron chi connectivity index (χ3n) is 4.98. The summed E-state index contributed by atoms with van der Waals surface area (Å²) in [7, 11) is 0. The molecule has 1 aliphatic heterocycles. The Morgan fingerprint density at radius 2 is 1.77 bits per heavy atom. The number of alkyl halides is 3. The van der Waals surface area contributed by atoms with Gasteiger partial charge in [0.2, 0.25) is 0 Å². The first-order valence-corrected chi connectivity index (χ1v) is 9.56. The van der Waals surface area contributed by atoms with Crippen LogP contribution >= 0.6 is 0 Å². The highest BCUT2D eigenvalue weighted by Crippen LogP contribution is 2.36. The van der Waals surface area contributed by atoms with Gasteiger partial charge in [0, 0.05) is 37.1 Å². The largest absolute Gasteiger partial charge is 0.416 e. The van der Waals surface area contributed by atoms with Gasteiger partial charge in [-0.1, -0.05) is 5.16 Å². The van der Waals surface area contributed by atoms with Gasteiger partial charge in [-0.25, -0.2) is 0 Å². The van der Waals surface area contributed by atoms with E-state index in [0.29, 0.717) is 17.0 Å². The van der Waals surface area contributed by atoms with Crippen molar-refractivity contribution >= 4 is 17.3 Å². The second-order valence-corrected chi connectivity index (χ2v) is 7.04. The summed E-state index contributed by atoms with van der Waals surface area (Å²) in [5.41, 5.74) is 0.503. The number of nitrogens with one attached hydrogen (secondary N) is 1. The Hall–Kier alpha value is -3.36. The summed E-state index contributed by atoms with van der Waals surface area (Å²) < 4.78 is 44.9. The number of piperidine rings is 1. The SMILES string of the molecule is O=C(Nc1cc(C(F)(F)F)ccc1N1CCCCC1)c1cc(-c2ccncc2)on1. The third kappa shape index (κ3) is 4.29. The molecular weight excluding hydrogens is 397 g/mol. The molecule has 0 atom stereocenters. The van der Waals surface area contributed by atoms with Crippen molar-refractivity contribution in [2.45, 2.75) is 25.4 Å². The molecule has 6 nitrogen and oxygen atoms in total. The summed E-state index contributed by atoms with van der Waals surface area (Å²) >= 11 is 0. The molecule has 0 radical (unpaired) electrons. The minimum atomic E-state index is -4.51. The van der Waals surface area contributed by atoms with Crippen LogP contribution in [0.3, 0.4) is 0 Å². The molecule has 1 fully saturated rings. The molecule has 1 saturated heterocycles. The van der Waals surface area contributed by atoms with E-state index in [1.807, 2.05) is 4.90 Å². The number of hydrogen-bond donors (Lipinski definition) is 1. The lowest BCUT2D eigenvalue weighted by molar-refractivity contribution is -0.137. The summed E-state index contributed by atoms with van der Waals surface area (Å²) in [6.07, 6.45) is 1.62. The second-order valence-electron chi connectivity index (χ2n) is 7.04. The number of hydrogen-bond acceptors (Lipinski definition) is 5. The summed E-state index contributed by atoms with van der Waals surface area (Å²) in [5, 5.41) is 6.34. The Kier molecular flexibility index (Phi) is 5.43. The number of benzene rings is 1. The van der Waals surface area contributed by atoms with Crippen molar-refractivity contribution in [1.29, 1.82) is 0 Å². The van der Waals surface area contributed by atoms with Gasteiger partial charge < -0.3 is 14.7 Å². The summed E-state index contributed by atoms with van der Waals surface area (Å²) in [6, 6.07) is 8.25. The molecule has 3 aromatic rings. The average molecular weight is 416 g/mol. The lowest BCUT2D eigenvalue weighted by atomic mass is 10.1. The van der Waals surface area contributed by atoms with Crippen molar-refractivity contribution in [1.82, 2.24) is 10.1 Å². The second kappa shape index (κ2) is 8.17. The maximum Gasteiger partial charge on any atom is 0.416 e. The van der Waals surface area contributed by atoms with E-state index in [-0.39, 0.29) is 11.4 Å². The summed E-state index contributed by atoms with van der Waals surface area (Å²) in [5.74, 6) is -0.278. The van der Waals surface area contributed by atoms with Crippen molar-refractivity contribution in [3.05, 3.63) is 60.0 Å². The first-order valence-electron chi connectivity index (χ1n) is 9.56.